The molecular formula is C30H42N4O4. The molecule has 1 aromatic carbocycles. The van der Waals surface area contributed by atoms with E-state index in [9.17, 15) is 19.5 Å². The van der Waals surface area contributed by atoms with Gasteiger partial charge in [-0.1, -0.05) is 58.1 Å². The molecule has 1 amide bonds. The Balaban J connectivity index is 1.45. The fourth-order valence-corrected chi connectivity index (χ4v) is 7.31. The molecule has 3 heterocycles. The molecule has 1 aromatic heterocycles. The molecule has 8 nitrogen and oxygen atoms in total. The second-order valence-electron chi connectivity index (χ2n) is 12.1. The molecule has 8 heteroatoms. The number of fused-ring (bicyclic) bond motifs is 3. The summed E-state index contributed by atoms with van der Waals surface area (Å²) in [6.07, 6.45) is 13.6. The maximum absolute atomic E-state index is 13.9. The van der Waals surface area contributed by atoms with Crippen LogP contribution in [0.25, 0.3) is 11.0 Å². The van der Waals surface area contributed by atoms with Crippen molar-refractivity contribution >= 4 is 22.9 Å². The lowest BCUT2D eigenvalue weighted by Gasteiger charge is -2.45. The highest BCUT2D eigenvalue weighted by atomic mass is 16.4. The number of aromatic nitrogens is 2. The Labute approximate surface area is 224 Å². The summed E-state index contributed by atoms with van der Waals surface area (Å²) in [6, 6.07) is 7.99. The fraction of sp³-hybridized carbons (Fsp3) is 0.667. The molecule has 2 bridgehead atoms. The number of para-hydroxylation sites is 2. The van der Waals surface area contributed by atoms with Gasteiger partial charge in [0.05, 0.1) is 11.0 Å². The van der Waals surface area contributed by atoms with Crippen molar-refractivity contribution in [3.63, 3.8) is 0 Å². The minimum absolute atomic E-state index is 0.00445. The summed E-state index contributed by atoms with van der Waals surface area (Å²) in [5.41, 5.74) is 0.699. The standard InChI is InChI=1S/C30H42N4O4/c1-19(2)16-25(30(37)38)32-28(35)27-29(36)34(26-13-9-8-12-24(26)31-27)23-17-21-14-15-22(18-23)33(21)20-10-6-4-3-5-7-11-20/h8-9,12-13,19-23,25H,3-7,10-11,14-18H2,1-2H3,(H,32,35)(H,37,38)/t21-,22+,23?,25?. The molecule has 3 fully saturated rings. The first-order chi connectivity index (χ1) is 18.3. The molecule has 0 radical (unpaired) electrons. The maximum atomic E-state index is 13.9. The largest absolute Gasteiger partial charge is 0.480 e. The monoisotopic (exact) mass is 522 g/mol. The first-order valence-electron chi connectivity index (χ1n) is 14.7. The van der Waals surface area contributed by atoms with Crippen LogP contribution >= 0.6 is 0 Å². The van der Waals surface area contributed by atoms with E-state index in [0.717, 1.165) is 31.2 Å². The van der Waals surface area contributed by atoms with Crippen molar-refractivity contribution < 1.29 is 14.7 Å². The molecule has 3 aliphatic rings. The van der Waals surface area contributed by atoms with Gasteiger partial charge in [-0.3, -0.25) is 14.5 Å². The van der Waals surface area contributed by atoms with E-state index in [2.05, 4.69) is 15.2 Å². The van der Waals surface area contributed by atoms with Gasteiger partial charge in [-0.25, -0.2) is 9.78 Å². The third-order valence-corrected chi connectivity index (χ3v) is 8.95. The highest BCUT2D eigenvalue weighted by Crippen LogP contribution is 2.44. The van der Waals surface area contributed by atoms with Crippen LogP contribution in [0.3, 0.4) is 0 Å². The van der Waals surface area contributed by atoms with Crippen molar-refractivity contribution in [3.05, 3.63) is 40.3 Å². The predicted octanol–water partition coefficient (Wildman–Crippen LogP) is 4.91. The molecule has 2 saturated heterocycles. The molecule has 2 aromatic rings. The Morgan fingerprint density at radius 2 is 1.58 bits per heavy atom. The minimum Gasteiger partial charge on any atom is -0.480 e. The van der Waals surface area contributed by atoms with Crippen molar-refractivity contribution in [3.8, 4) is 0 Å². The summed E-state index contributed by atoms with van der Waals surface area (Å²) in [6.45, 7) is 3.81. The van der Waals surface area contributed by atoms with Crippen LogP contribution in [0.4, 0.5) is 0 Å². The van der Waals surface area contributed by atoms with Crippen molar-refractivity contribution in [2.45, 2.75) is 121 Å². The molecule has 1 saturated carbocycles. The molecule has 1 aliphatic carbocycles. The lowest BCUT2D eigenvalue weighted by Crippen LogP contribution is -2.50. The zero-order valence-electron chi connectivity index (χ0n) is 22.8. The zero-order valence-corrected chi connectivity index (χ0v) is 22.8. The SMILES string of the molecule is CC(C)CC(NC(=O)c1nc2ccccc2n(C2C[C@H]3CC[C@@H](C2)N3C2CCCCCCC2)c1=O)C(=O)O. The lowest BCUT2D eigenvalue weighted by atomic mass is 9.89. The summed E-state index contributed by atoms with van der Waals surface area (Å²) in [5, 5.41) is 12.2. The molecular weight excluding hydrogens is 480 g/mol. The summed E-state index contributed by atoms with van der Waals surface area (Å²) >= 11 is 0. The van der Waals surface area contributed by atoms with Crippen LogP contribution in [0.15, 0.2) is 29.1 Å². The van der Waals surface area contributed by atoms with Gasteiger partial charge in [-0.15, -0.1) is 0 Å². The van der Waals surface area contributed by atoms with E-state index >= 15 is 0 Å². The van der Waals surface area contributed by atoms with Crippen LogP contribution in [0.1, 0.15) is 107 Å². The van der Waals surface area contributed by atoms with E-state index in [4.69, 9.17) is 0 Å². The second-order valence-corrected chi connectivity index (χ2v) is 12.1. The third kappa shape index (κ3) is 5.51. The van der Waals surface area contributed by atoms with Crippen LogP contribution < -0.4 is 10.9 Å². The normalized spacial score (nSPS) is 25.7. The number of aliphatic carboxylic acids is 1. The molecule has 206 valence electrons. The number of carboxylic acids is 1. The van der Waals surface area contributed by atoms with Gasteiger partial charge < -0.3 is 15.0 Å². The van der Waals surface area contributed by atoms with E-state index in [1.807, 2.05) is 38.1 Å². The number of carbonyl (C=O) groups excluding carboxylic acids is 1. The quantitative estimate of drug-likeness (QED) is 0.536. The van der Waals surface area contributed by atoms with E-state index in [0.29, 0.717) is 23.6 Å². The highest BCUT2D eigenvalue weighted by molar-refractivity contribution is 5.96. The van der Waals surface area contributed by atoms with Gasteiger partial charge in [-0.05, 0) is 63.0 Å². The number of piperidine rings is 1. The number of hydrogen-bond donors (Lipinski definition) is 2. The van der Waals surface area contributed by atoms with Crippen LogP contribution in [0, 0.1) is 5.92 Å². The Hall–Kier alpha value is -2.74. The number of carboxylic acid groups (broad SMARTS) is 1. The average molecular weight is 523 g/mol. The predicted molar refractivity (Wildman–Crippen MR) is 147 cm³/mol. The van der Waals surface area contributed by atoms with Crippen molar-refractivity contribution in [2.24, 2.45) is 5.92 Å². The van der Waals surface area contributed by atoms with Crippen LogP contribution in [-0.4, -0.2) is 55.6 Å². The second kappa shape index (κ2) is 11.6. The van der Waals surface area contributed by atoms with E-state index in [1.165, 1.54) is 44.9 Å². The van der Waals surface area contributed by atoms with Gasteiger partial charge in [-0.2, -0.15) is 0 Å². The number of nitrogens with zero attached hydrogens (tertiary/aromatic N) is 3. The van der Waals surface area contributed by atoms with E-state index < -0.39 is 23.5 Å². The van der Waals surface area contributed by atoms with Crippen molar-refractivity contribution in [2.75, 3.05) is 0 Å². The van der Waals surface area contributed by atoms with Gasteiger partial charge in [0.2, 0.25) is 0 Å². The number of carbonyl (C=O) groups is 2. The topological polar surface area (TPSA) is 105 Å². The minimum atomic E-state index is -1.11. The molecule has 2 unspecified atom stereocenters. The van der Waals surface area contributed by atoms with Crippen molar-refractivity contribution in [1.29, 1.82) is 0 Å². The van der Waals surface area contributed by atoms with E-state index in [1.54, 1.807) is 4.57 Å². The highest BCUT2D eigenvalue weighted by Gasteiger charge is 2.44. The van der Waals surface area contributed by atoms with Crippen LogP contribution in [0.5, 0.6) is 0 Å². The number of hydrogen-bond acceptors (Lipinski definition) is 5. The smallest absolute Gasteiger partial charge is 0.326 e. The van der Waals surface area contributed by atoms with Gasteiger partial charge >= 0.3 is 5.97 Å². The van der Waals surface area contributed by atoms with Crippen molar-refractivity contribution in [1.82, 2.24) is 19.8 Å². The molecule has 5 rings (SSSR count). The van der Waals surface area contributed by atoms with Gasteiger partial charge in [0.15, 0.2) is 5.69 Å². The number of rotatable bonds is 7. The Morgan fingerprint density at radius 3 is 2.21 bits per heavy atom. The molecule has 2 aliphatic heterocycles. The molecule has 0 spiro atoms. The number of nitrogens with one attached hydrogen (secondary N) is 1. The number of benzene rings is 1. The summed E-state index contributed by atoms with van der Waals surface area (Å²) in [4.78, 5) is 46.1. The summed E-state index contributed by atoms with van der Waals surface area (Å²) in [5.74, 6) is -1.74. The summed E-state index contributed by atoms with van der Waals surface area (Å²) in [7, 11) is 0. The fourth-order valence-electron chi connectivity index (χ4n) is 7.31. The van der Waals surface area contributed by atoms with Crippen LogP contribution in [-0.2, 0) is 4.79 Å². The van der Waals surface area contributed by atoms with Gasteiger partial charge in [0, 0.05) is 24.2 Å². The first kappa shape index (κ1) is 26.9. The average Bonchev–Trinajstić information content (AvgIpc) is 3.11. The summed E-state index contributed by atoms with van der Waals surface area (Å²) < 4.78 is 1.80. The lowest BCUT2D eigenvalue weighted by molar-refractivity contribution is -0.139. The number of amides is 1. The third-order valence-electron chi connectivity index (χ3n) is 8.95. The molecule has 4 atom stereocenters. The van der Waals surface area contributed by atoms with Gasteiger partial charge in [0.1, 0.15) is 6.04 Å². The van der Waals surface area contributed by atoms with E-state index in [-0.39, 0.29) is 24.1 Å². The molecule has 2 N–H and O–H groups in total. The van der Waals surface area contributed by atoms with Crippen LogP contribution in [0.2, 0.25) is 0 Å². The molecule has 38 heavy (non-hydrogen) atoms. The van der Waals surface area contributed by atoms with Gasteiger partial charge in [0.25, 0.3) is 11.5 Å². The Bertz CT molecular complexity index is 1200. The maximum Gasteiger partial charge on any atom is 0.326 e. The Kier molecular flexibility index (Phi) is 8.17. The Morgan fingerprint density at radius 1 is 0.947 bits per heavy atom. The first-order valence-corrected chi connectivity index (χ1v) is 14.7. The zero-order chi connectivity index (χ0) is 26.8.